The summed E-state index contributed by atoms with van der Waals surface area (Å²) in [4.78, 5) is 0. The van der Waals surface area contributed by atoms with E-state index in [1.807, 2.05) is 6.92 Å². The lowest BCUT2D eigenvalue weighted by molar-refractivity contribution is 0.228. The molecule has 0 saturated carbocycles. The molecule has 0 amide bonds. The summed E-state index contributed by atoms with van der Waals surface area (Å²) in [6.45, 7) is 3.04. The average Bonchev–Trinajstić information content (AvgIpc) is 2.31. The molecule has 0 aliphatic rings. The first kappa shape index (κ1) is 14.1. The summed E-state index contributed by atoms with van der Waals surface area (Å²) in [6, 6.07) is 3.87. The van der Waals surface area contributed by atoms with Crippen LogP contribution in [0.25, 0.3) is 0 Å². The van der Waals surface area contributed by atoms with Crippen LogP contribution in [0, 0.1) is 17.6 Å². The molecule has 96 valence electrons. The van der Waals surface area contributed by atoms with Gasteiger partial charge in [0.05, 0.1) is 0 Å². The van der Waals surface area contributed by atoms with Crippen LogP contribution in [-0.4, -0.2) is 18.3 Å². The maximum Gasteiger partial charge on any atom is 0.130 e. The van der Waals surface area contributed by atoms with Crippen molar-refractivity contribution in [1.29, 1.82) is 0 Å². The van der Waals surface area contributed by atoms with Gasteiger partial charge >= 0.3 is 0 Å². The molecule has 4 heteroatoms. The van der Waals surface area contributed by atoms with Gasteiger partial charge in [0.1, 0.15) is 11.6 Å². The number of hydrogen-bond acceptors (Lipinski definition) is 2. The minimum absolute atomic E-state index is 0.0858. The van der Waals surface area contributed by atoms with Gasteiger partial charge in [0.15, 0.2) is 0 Å². The Balaban J connectivity index is 2.27. The zero-order valence-corrected chi connectivity index (χ0v) is 10.0. The van der Waals surface area contributed by atoms with Gasteiger partial charge in [-0.15, -0.1) is 0 Å². The fourth-order valence-corrected chi connectivity index (χ4v) is 1.58. The minimum atomic E-state index is -0.513. The third kappa shape index (κ3) is 4.79. The van der Waals surface area contributed by atoms with E-state index < -0.39 is 11.6 Å². The number of halogens is 2. The molecule has 1 unspecified atom stereocenters. The molecule has 0 saturated heterocycles. The van der Waals surface area contributed by atoms with Crippen molar-refractivity contribution in [3.8, 4) is 0 Å². The van der Waals surface area contributed by atoms with Gasteiger partial charge in [-0.2, -0.15) is 0 Å². The second kappa shape index (κ2) is 7.35. The van der Waals surface area contributed by atoms with E-state index in [0.717, 1.165) is 12.8 Å². The second-order valence-corrected chi connectivity index (χ2v) is 4.31. The van der Waals surface area contributed by atoms with Crippen molar-refractivity contribution >= 4 is 0 Å². The van der Waals surface area contributed by atoms with Crippen molar-refractivity contribution in [2.24, 2.45) is 5.92 Å². The van der Waals surface area contributed by atoms with E-state index in [1.54, 1.807) is 0 Å². The molecule has 2 N–H and O–H groups in total. The van der Waals surface area contributed by atoms with E-state index in [-0.39, 0.29) is 24.6 Å². The minimum Gasteiger partial charge on any atom is -0.396 e. The summed E-state index contributed by atoms with van der Waals surface area (Å²) in [7, 11) is 0. The SMILES string of the molecule is CC(CO)CCCNCc1c(F)cccc1F. The van der Waals surface area contributed by atoms with E-state index in [1.165, 1.54) is 18.2 Å². The fraction of sp³-hybridized carbons (Fsp3) is 0.538. The Hall–Kier alpha value is -1.00. The zero-order chi connectivity index (χ0) is 12.7. The first-order chi connectivity index (χ1) is 8.15. The van der Waals surface area contributed by atoms with Gasteiger partial charge in [-0.25, -0.2) is 8.78 Å². The largest absolute Gasteiger partial charge is 0.396 e. The predicted molar refractivity (Wildman–Crippen MR) is 63.5 cm³/mol. The molecule has 0 radical (unpaired) electrons. The Morgan fingerprint density at radius 1 is 1.29 bits per heavy atom. The average molecular weight is 243 g/mol. The molecule has 17 heavy (non-hydrogen) atoms. The Morgan fingerprint density at radius 2 is 1.94 bits per heavy atom. The Kier molecular flexibility index (Phi) is 6.08. The molecule has 2 nitrogen and oxygen atoms in total. The smallest absolute Gasteiger partial charge is 0.130 e. The molecule has 0 aromatic heterocycles. The lowest BCUT2D eigenvalue weighted by Gasteiger charge is -2.09. The van der Waals surface area contributed by atoms with Crippen LogP contribution in [0.15, 0.2) is 18.2 Å². The van der Waals surface area contributed by atoms with Crippen molar-refractivity contribution in [3.05, 3.63) is 35.4 Å². The summed E-state index contributed by atoms with van der Waals surface area (Å²) in [6.07, 6.45) is 1.79. The summed E-state index contributed by atoms with van der Waals surface area (Å²) in [5, 5.41) is 11.8. The van der Waals surface area contributed by atoms with E-state index in [2.05, 4.69) is 5.32 Å². The van der Waals surface area contributed by atoms with Crippen LogP contribution in [0.1, 0.15) is 25.3 Å². The number of hydrogen-bond donors (Lipinski definition) is 2. The van der Waals surface area contributed by atoms with Gasteiger partial charge in [0.25, 0.3) is 0 Å². The number of nitrogens with one attached hydrogen (secondary N) is 1. The van der Waals surface area contributed by atoms with Crippen molar-refractivity contribution in [2.45, 2.75) is 26.3 Å². The maximum absolute atomic E-state index is 13.2. The van der Waals surface area contributed by atoms with Gasteiger partial charge in [0.2, 0.25) is 0 Å². The molecular formula is C13H19F2NO. The normalized spacial score (nSPS) is 12.7. The van der Waals surface area contributed by atoms with E-state index in [0.29, 0.717) is 6.54 Å². The third-order valence-electron chi connectivity index (χ3n) is 2.73. The standard InChI is InChI=1S/C13H19F2NO/c1-10(9-17)4-3-7-16-8-11-12(14)5-2-6-13(11)15/h2,5-6,10,16-17H,3-4,7-9H2,1H3. The number of aliphatic hydroxyl groups excluding tert-OH is 1. The Morgan fingerprint density at radius 3 is 2.53 bits per heavy atom. The van der Waals surface area contributed by atoms with E-state index in [9.17, 15) is 8.78 Å². The molecule has 1 aromatic rings. The molecule has 0 aliphatic heterocycles. The van der Waals surface area contributed by atoms with Gasteiger partial charge in [-0.3, -0.25) is 0 Å². The number of benzene rings is 1. The highest BCUT2D eigenvalue weighted by molar-refractivity contribution is 5.19. The molecule has 1 atom stereocenters. The van der Waals surface area contributed by atoms with Crippen molar-refractivity contribution < 1.29 is 13.9 Å². The number of rotatable bonds is 7. The Labute approximate surface area is 101 Å². The molecule has 0 spiro atoms. The lowest BCUT2D eigenvalue weighted by Crippen LogP contribution is -2.17. The topological polar surface area (TPSA) is 32.3 Å². The second-order valence-electron chi connectivity index (χ2n) is 4.31. The van der Waals surface area contributed by atoms with Gasteiger partial charge in [-0.1, -0.05) is 13.0 Å². The molecule has 0 fully saturated rings. The Bertz CT molecular complexity index is 324. The highest BCUT2D eigenvalue weighted by Gasteiger charge is 2.07. The quantitative estimate of drug-likeness (QED) is 0.721. The van der Waals surface area contributed by atoms with Crippen LogP contribution in [0.2, 0.25) is 0 Å². The van der Waals surface area contributed by atoms with Gasteiger partial charge in [-0.05, 0) is 37.4 Å². The molecule has 1 aromatic carbocycles. The molecular weight excluding hydrogens is 224 g/mol. The number of aliphatic hydroxyl groups is 1. The van der Waals surface area contributed by atoms with Crippen molar-refractivity contribution in [2.75, 3.05) is 13.2 Å². The molecule has 0 bridgehead atoms. The van der Waals surface area contributed by atoms with Gasteiger partial charge in [0, 0.05) is 18.7 Å². The first-order valence-electron chi connectivity index (χ1n) is 5.89. The summed E-state index contributed by atoms with van der Waals surface area (Å²) in [5.74, 6) is -0.746. The van der Waals surface area contributed by atoms with Gasteiger partial charge < -0.3 is 10.4 Å². The van der Waals surface area contributed by atoms with Crippen molar-refractivity contribution in [3.63, 3.8) is 0 Å². The van der Waals surface area contributed by atoms with E-state index >= 15 is 0 Å². The first-order valence-corrected chi connectivity index (χ1v) is 5.89. The fourth-order valence-electron chi connectivity index (χ4n) is 1.58. The van der Waals surface area contributed by atoms with Crippen LogP contribution in [0.5, 0.6) is 0 Å². The highest BCUT2D eigenvalue weighted by Crippen LogP contribution is 2.11. The monoisotopic (exact) mass is 243 g/mol. The van der Waals surface area contributed by atoms with Crippen LogP contribution >= 0.6 is 0 Å². The van der Waals surface area contributed by atoms with Crippen LogP contribution in [0.3, 0.4) is 0 Å². The summed E-state index contributed by atoms with van der Waals surface area (Å²) >= 11 is 0. The predicted octanol–water partition coefficient (Wildman–Crippen LogP) is 2.46. The zero-order valence-electron chi connectivity index (χ0n) is 10.0. The van der Waals surface area contributed by atoms with Crippen molar-refractivity contribution in [1.82, 2.24) is 5.32 Å². The van der Waals surface area contributed by atoms with Crippen LogP contribution in [0.4, 0.5) is 8.78 Å². The maximum atomic E-state index is 13.2. The summed E-state index contributed by atoms with van der Waals surface area (Å²) in [5.41, 5.74) is 0.0858. The molecule has 0 heterocycles. The lowest BCUT2D eigenvalue weighted by atomic mass is 10.1. The van der Waals surface area contributed by atoms with Crippen LogP contribution < -0.4 is 5.32 Å². The third-order valence-corrected chi connectivity index (χ3v) is 2.73. The summed E-state index contributed by atoms with van der Waals surface area (Å²) < 4.78 is 26.5. The van der Waals surface area contributed by atoms with Crippen LogP contribution in [-0.2, 0) is 6.54 Å². The van der Waals surface area contributed by atoms with E-state index in [4.69, 9.17) is 5.11 Å². The molecule has 0 aliphatic carbocycles. The molecule has 1 rings (SSSR count). The highest BCUT2D eigenvalue weighted by atomic mass is 19.1.